The number of hydrogen-bond acceptors (Lipinski definition) is 6. The highest BCUT2D eigenvalue weighted by atomic mass is 79.9. The molecule has 9 nitrogen and oxygen atoms in total. The second-order valence-electron chi connectivity index (χ2n) is 9.80. The van der Waals surface area contributed by atoms with Gasteiger partial charge in [-0.25, -0.2) is 8.42 Å². The summed E-state index contributed by atoms with van der Waals surface area (Å²) < 4.78 is 41.1. The summed E-state index contributed by atoms with van der Waals surface area (Å²) in [7, 11) is -4.18. The van der Waals surface area contributed by atoms with E-state index in [-0.39, 0.29) is 29.1 Å². The van der Waals surface area contributed by atoms with Gasteiger partial charge in [-0.1, -0.05) is 53.2 Å². The lowest BCUT2D eigenvalue weighted by atomic mass is 10.1. The molecular weight excluding hydrogens is 610 g/mol. The maximum absolute atomic E-state index is 14.1. The molecule has 0 aromatic heterocycles. The fourth-order valence-electron chi connectivity index (χ4n) is 4.32. The maximum Gasteiger partial charge on any atom is 0.264 e. The predicted octanol–water partition coefficient (Wildman–Crippen LogP) is 4.75. The number of sulfonamides is 1. The van der Waals surface area contributed by atoms with Crippen LogP contribution < -0.4 is 19.1 Å². The number of ether oxygens (including phenoxy) is 2. The molecule has 1 aliphatic heterocycles. The second kappa shape index (κ2) is 13.4. The molecule has 11 heteroatoms. The molecule has 0 saturated heterocycles. The van der Waals surface area contributed by atoms with E-state index in [4.69, 9.17) is 9.47 Å². The number of anilines is 1. The van der Waals surface area contributed by atoms with Crippen LogP contribution in [0.3, 0.4) is 0 Å². The van der Waals surface area contributed by atoms with Gasteiger partial charge in [0.1, 0.15) is 25.8 Å². The maximum atomic E-state index is 14.1. The lowest BCUT2D eigenvalue weighted by Crippen LogP contribution is -2.52. The van der Waals surface area contributed by atoms with Gasteiger partial charge in [0.15, 0.2) is 11.5 Å². The van der Waals surface area contributed by atoms with Crippen LogP contribution in [0, 0.1) is 0 Å². The number of hydrogen-bond donors (Lipinski definition) is 1. The molecule has 1 heterocycles. The topological polar surface area (TPSA) is 105 Å². The van der Waals surface area contributed by atoms with E-state index in [1.165, 1.54) is 17.0 Å². The van der Waals surface area contributed by atoms with Crippen molar-refractivity contribution in [3.8, 4) is 11.5 Å². The Morgan fingerprint density at radius 1 is 0.951 bits per heavy atom. The van der Waals surface area contributed by atoms with Gasteiger partial charge in [0.2, 0.25) is 11.8 Å². The van der Waals surface area contributed by atoms with Crippen molar-refractivity contribution in [2.75, 3.05) is 24.1 Å². The smallest absolute Gasteiger partial charge is 0.264 e. The summed E-state index contributed by atoms with van der Waals surface area (Å²) in [6.07, 6.45) is 0.727. The van der Waals surface area contributed by atoms with Gasteiger partial charge in [0.25, 0.3) is 10.0 Å². The molecule has 41 heavy (non-hydrogen) atoms. The zero-order valence-corrected chi connectivity index (χ0v) is 25.7. The number of halogens is 1. The number of benzene rings is 3. The number of carbonyl (C=O) groups excluding carboxylic acids is 2. The van der Waals surface area contributed by atoms with E-state index in [1.807, 2.05) is 38.1 Å². The summed E-state index contributed by atoms with van der Waals surface area (Å²) >= 11 is 3.46. The lowest BCUT2D eigenvalue weighted by molar-refractivity contribution is -0.139. The largest absolute Gasteiger partial charge is 0.486 e. The van der Waals surface area contributed by atoms with Crippen molar-refractivity contribution in [2.45, 2.75) is 50.7 Å². The minimum atomic E-state index is -4.18. The van der Waals surface area contributed by atoms with Gasteiger partial charge < -0.3 is 19.7 Å². The number of carbonyl (C=O) groups is 2. The summed E-state index contributed by atoms with van der Waals surface area (Å²) in [6.45, 7) is 5.77. The van der Waals surface area contributed by atoms with Crippen molar-refractivity contribution in [3.05, 3.63) is 82.8 Å². The van der Waals surface area contributed by atoms with Crippen molar-refractivity contribution in [1.82, 2.24) is 10.2 Å². The minimum absolute atomic E-state index is 0.0313. The molecule has 4 rings (SSSR count). The van der Waals surface area contributed by atoms with E-state index in [2.05, 4.69) is 21.2 Å². The Labute approximate surface area is 249 Å². The highest BCUT2D eigenvalue weighted by Crippen LogP contribution is 2.36. The van der Waals surface area contributed by atoms with Crippen molar-refractivity contribution in [3.63, 3.8) is 0 Å². The van der Waals surface area contributed by atoms with Crippen molar-refractivity contribution >= 4 is 43.5 Å². The van der Waals surface area contributed by atoms with E-state index in [0.717, 1.165) is 20.8 Å². The van der Waals surface area contributed by atoms with Crippen molar-refractivity contribution < 1.29 is 27.5 Å². The van der Waals surface area contributed by atoms with Crippen LogP contribution in [0.2, 0.25) is 0 Å². The highest BCUT2D eigenvalue weighted by molar-refractivity contribution is 9.10. The summed E-state index contributed by atoms with van der Waals surface area (Å²) in [5, 5.41) is 2.93. The number of rotatable bonds is 11. The molecule has 0 unspecified atom stereocenters. The Bertz CT molecular complexity index is 1480. The molecule has 0 fully saturated rings. The Balaban J connectivity index is 1.73. The molecule has 0 radical (unpaired) electrons. The van der Waals surface area contributed by atoms with Crippen LogP contribution in [-0.2, 0) is 26.2 Å². The first-order valence-corrected chi connectivity index (χ1v) is 15.6. The van der Waals surface area contributed by atoms with E-state index in [0.29, 0.717) is 24.7 Å². The molecule has 0 spiro atoms. The Hall–Kier alpha value is -3.57. The number of fused-ring (bicyclic) bond motifs is 1. The Kier molecular flexibility index (Phi) is 9.93. The van der Waals surface area contributed by atoms with Crippen LogP contribution in [0.25, 0.3) is 0 Å². The molecule has 0 aliphatic carbocycles. The number of nitrogens with zero attached hydrogens (tertiary/aromatic N) is 2. The van der Waals surface area contributed by atoms with E-state index < -0.39 is 28.5 Å². The average molecular weight is 645 g/mol. The molecule has 1 N–H and O–H groups in total. The quantitative estimate of drug-likeness (QED) is 0.323. The zero-order chi connectivity index (χ0) is 29.6. The van der Waals surface area contributed by atoms with Crippen molar-refractivity contribution in [1.29, 1.82) is 0 Å². The molecule has 218 valence electrons. The molecule has 3 aromatic carbocycles. The molecule has 0 bridgehead atoms. The Morgan fingerprint density at radius 3 is 2.34 bits per heavy atom. The number of nitrogens with one attached hydrogen (secondary N) is 1. The van der Waals surface area contributed by atoms with Gasteiger partial charge in [-0.3, -0.25) is 13.9 Å². The first-order valence-electron chi connectivity index (χ1n) is 13.4. The van der Waals surface area contributed by atoms with Gasteiger partial charge >= 0.3 is 0 Å². The van der Waals surface area contributed by atoms with Crippen LogP contribution >= 0.6 is 15.9 Å². The van der Waals surface area contributed by atoms with Crippen LogP contribution in [0.5, 0.6) is 11.5 Å². The predicted molar refractivity (Wildman–Crippen MR) is 160 cm³/mol. The molecule has 1 aliphatic rings. The van der Waals surface area contributed by atoms with Gasteiger partial charge in [-0.2, -0.15) is 0 Å². The SMILES string of the molecule is CC[C@@H](C)NC(=O)[C@@H](C)N(Cc1cccc(Br)c1)C(=O)CN(c1ccc2c(c1)OCCO2)S(=O)(=O)c1ccccc1. The van der Waals surface area contributed by atoms with Gasteiger partial charge in [-0.05, 0) is 62.2 Å². The first kappa shape index (κ1) is 30.4. The summed E-state index contributed by atoms with van der Waals surface area (Å²) in [6, 6.07) is 19.2. The van der Waals surface area contributed by atoms with Crippen LogP contribution in [0.4, 0.5) is 5.69 Å². The molecular formula is C30H34BrN3O6S. The highest BCUT2D eigenvalue weighted by Gasteiger charge is 2.33. The minimum Gasteiger partial charge on any atom is -0.486 e. The molecule has 2 atom stereocenters. The summed E-state index contributed by atoms with van der Waals surface area (Å²) in [5.74, 6) is 0.0300. The second-order valence-corrected chi connectivity index (χ2v) is 12.6. The van der Waals surface area contributed by atoms with Crippen LogP contribution in [0.1, 0.15) is 32.8 Å². The summed E-state index contributed by atoms with van der Waals surface area (Å²) in [5.41, 5.74) is 1.03. The molecule has 2 amide bonds. The summed E-state index contributed by atoms with van der Waals surface area (Å²) in [4.78, 5) is 28.7. The lowest BCUT2D eigenvalue weighted by Gasteiger charge is -2.32. The van der Waals surface area contributed by atoms with E-state index in [9.17, 15) is 18.0 Å². The van der Waals surface area contributed by atoms with Crippen molar-refractivity contribution in [2.24, 2.45) is 0 Å². The van der Waals surface area contributed by atoms with E-state index >= 15 is 0 Å². The Morgan fingerprint density at radius 2 is 1.66 bits per heavy atom. The third kappa shape index (κ3) is 7.39. The normalized spacial score (nSPS) is 14.0. The number of amides is 2. The zero-order valence-electron chi connectivity index (χ0n) is 23.2. The third-order valence-corrected chi connectivity index (χ3v) is 9.12. The third-order valence-electron chi connectivity index (χ3n) is 6.83. The van der Waals surface area contributed by atoms with E-state index in [1.54, 1.807) is 43.3 Å². The van der Waals surface area contributed by atoms with Crippen LogP contribution in [0.15, 0.2) is 82.2 Å². The molecule has 0 saturated carbocycles. The fraction of sp³-hybridized carbons (Fsp3) is 0.333. The van der Waals surface area contributed by atoms with Gasteiger partial charge in [0, 0.05) is 23.1 Å². The van der Waals surface area contributed by atoms with Crippen LogP contribution in [-0.4, -0.2) is 57.0 Å². The standard InChI is InChI=1S/C30H34BrN3O6S/c1-4-21(2)32-30(36)22(3)33(19-23-9-8-10-24(31)17-23)29(35)20-34(41(37,38)26-11-6-5-7-12-26)25-13-14-27-28(18-25)40-16-15-39-27/h5-14,17-18,21-22H,4,15-16,19-20H2,1-3H3,(H,32,36)/t21-,22-/m1/s1. The average Bonchev–Trinajstić information content (AvgIpc) is 2.98. The first-order chi connectivity index (χ1) is 19.6. The van der Waals surface area contributed by atoms with Gasteiger partial charge in [0.05, 0.1) is 10.6 Å². The monoisotopic (exact) mass is 643 g/mol. The fourth-order valence-corrected chi connectivity index (χ4v) is 6.19. The molecule has 3 aromatic rings. The van der Waals surface area contributed by atoms with Gasteiger partial charge in [-0.15, -0.1) is 0 Å².